The predicted octanol–water partition coefficient (Wildman–Crippen LogP) is 4.68. The Morgan fingerprint density at radius 3 is 1.80 bits per heavy atom. The van der Waals surface area contributed by atoms with Gasteiger partial charge in [-0.05, 0) is 44.8 Å². The molecule has 0 spiro atoms. The Bertz CT molecular complexity index is 2250. The highest BCUT2D eigenvalue weighted by Crippen LogP contribution is 2.36. The number of morpholine rings is 2. The summed E-state index contributed by atoms with van der Waals surface area (Å²) in [6, 6.07) is 16.7. The van der Waals surface area contributed by atoms with Crippen molar-refractivity contribution in [1.29, 1.82) is 0 Å². The second-order valence-electron chi connectivity index (χ2n) is 16.8. The van der Waals surface area contributed by atoms with Crippen LogP contribution in [0.3, 0.4) is 0 Å². The van der Waals surface area contributed by atoms with E-state index in [1.165, 1.54) is 5.52 Å². The molecule has 0 saturated carbocycles. The van der Waals surface area contributed by atoms with Gasteiger partial charge in [-0.3, -0.25) is 14.6 Å². The fraction of sp³-hybridized carbons (Fsp3) is 0.574. The van der Waals surface area contributed by atoms with Gasteiger partial charge in [-0.2, -0.15) is 0 Å². The van der Waals surface area contributed by atoms with Crippen LogP contribution in [0.25, 0.3) is 32.8 Å². The number of nitrogens with zero attached hydrogens (tertiary/aromatic N) is 10. The minimum atomic E-state index is -0.273. The van der Waals surface area contributed by atoms with Gasteiger partial charge in [0.15, 0.2) is 11.6 Å². The summed E-state index contributed by atoms with van der Waals surface area (Å²) in [5, 5.41) is 5.59. The first-order valence-electron chi connectivity index (χ1n) is 23.2. The summed E-state index contributed by atoms with van der Waals surface area (Å²) < 4.78 is 19.2. The number of piperazine rings is 2. The third kappa shape index (κ3) is 12.3. The largest absolute Gasteiger partial charge is 0.394 e. The average Bonchev–Trinajstić information content (AvgIpc) is 3.70. The fourth-order valence-electron chi connectivity index (χ4n) is 8.54. The van der Waals surface area contributed by atoms with Gasteiger partial charge in [0.25, 0.3) is 0 Å². The third-order valence-corrected chi connectivity index (χ3v) is 12.7. The molecule has 64 heavy (non-hydrogen) atoms. The average molecular weight is 902 g/mol. The van der Waals surface area contributed by atoms with E-state index in [1.807, 2.05) is 19.1 Å². The molecule has 4 saturated heterocycles. The molecule has 4 fully saturated rings. The summed E-state index contributed by atoms with van der Waals surface area (Å²) in [4.78, 5) is 39.0. The molecule has 3 N–H and O–H groups in total. The molecule has 2 aromatic carbocycles. The number of fused-ring (bicyclic) bond motifs is 4. The van der Waals surface area contributed by atoms with Crippen molar-refractivity contribution < 1.29 is 19.0 Å². The number of carbonyl (C=O) groups excluding carboxylic acids is 1. The monoisotopic (exact) mass is 901 g/mol. The van der Waals surface area contributed by atoms with Crippen LogP contribution in [0.5, 0.6) is 0 Å². The van der Waals surface area contributed by atoms with Gasteiger partial charge < -0.3 is 49.4 Å². The lowest BCUT2D eigenvalue weighted by atomic mass is 10.1. The van der Waals surface area contributed by atoms with Gasteiger partial charge in [0.1, 0.15) is 17.9 Å². The Morgan fingerprint density at radius 1 is 0.703 bits per heavy atom. The zero-order valence-corrected chi connectivity index (χ0v) is 39.2. The van der Waals surface area contributed by atoms with Gasteiger partial charge in [-0.25, -0.2) is 15.0 Å². The van der Waals surface area contributed by atoms with Crippen molar-refractivity contribution in [3.63, 3.8) is 0 Å². The van der Waals surface area contributed by atoms with Crippen LogP contribution in [0.1, 0.15) is 26.1 Å². The van der Waals surface area contributed by atoms with E-state index in [-0.39, 0.29) is 5.24 Å². The molecule has 3 aromatic heterocycles. The minimum Gasteiger partial charge on any atom is -0.394 e. The number of hydrogen-bond acceptors (Lipinski definition) is 15. The fourth-order valence-corrected chi connectivity index (χ4v) is 8.54. The summed E-state index contributed by atoms with van der Waals surface area (Å²) in [5.74, 6) is 2.91. The van der Waals surface area contributed by atoms with Crippen molar-refractivity contribution in [3.8, 4) is 0 Å². The molecule has 0 bridgehead atoms. The van der Waals surface area contributed by atoms with Gasteiger partial charge in [0, 0.05) is 129 Å². The highest BCUT2D eigenvalue weighted by atomic mass is 35.5. The third-order valence-electron chi connectivity index (χ3n) is 12.4. The van der Waals surface area contributed by atoms with Gasteiger partial charge >= 0.3 is 0 Å². The van der Waals surface area contributed by atoms with Crippen LogP contribution in [0.15, 0.2) is 48.5 Å². The maximum absolute atomic E-state index is 9.58. The molecule has 4 aliphatic rings. The molecule has 348 valence electrons. The zero-order valence-electron chi connectivity index (χ0n) is 38.4. The number of nitrogen functional groups attached to an aromatic ring is 1. The molecule has 4 aliphatic heterocycles. The highest BCUT2D eigenvalue weighted by Gasteiger charge is 2.25. The summed E-state index contributed by atoms with van der Waals surface area (Å²) in [6.07, 6.45) is 0.432. The van der Waals surface area contributed by atoms with E-state index in [9.17, 15) is 4.79 Å². The number of para-hydroxylation sites is 2. The van der Waals surface area contributed by atoms with Gasteiger partial charge in [0.05, 0.1) is 54.4 Å². The number of ether oxygens (including phenoxy) is 3. The Balaban J connectivity index is 0.000000175. The van der Waals surface area contributed by atoms with E-state index < -0.39 is 0 Å². The maximum Gasteiger partial charge on any atom is 0.221 e. The number of anilines is 4. The smallest absolute Gasteiger partial charge is 0.221 e. The summed E-state index contributed by atoms with van der Waals surface area (Å²) in [6.45, 7) is 23.9. The minimum absolute atomic E-state index is 0.273. The SMILES string of the molecule is CCC(=O)Cl.CCOCc1nc2c(N3CCN(C)CC3)nc3ccccc3c2n1CCN1CCOCC1.CN1CCN(c2nc3ccccc3c(NCCN3CCOCC3)c2N)CC1. The molecular formula is C47H69ClN12O4. The van der Waals surface area contributed by atoms with E-state index in [4.69, 9.17) is 46.5 Å². The molecule has 0 unspecified atom stereocenters. The van der Waals surface area contributed by atoms with Crippen LogP contribution in [0.4, 0.5) is 23.0 Å². The standard InChI is InChI=1S/C24H34N6O2.C20H30N6O.C3H5ClO/c1-3-31-18-21-26-22-23(30(21)13-10-28-14-16-32-17-15-28)19-6-4-5-7-20(19)25-24(22)29-11-8-27(2)9-12-29;1-24-8-10-26(11-9-24)20-18(21)19(16-4-2-3-5-17(16)23-20)22-6-7-25-12-14-27-15-13-25;1-2-3(4)5/h4-7H,3,8-18H2,1-2H3;2-5H,6-15,21H2,1H3,(H,22,23);2H2,1H3. The Labute approximate surface area is 383 Å². The molecule has 16 nitrogen and oxygen atoms in total. The molecule has 0 aliphatic carbocycles. The lowest BCUT2D eigenvalue weighted by molar-refractivity contribution is -0.111. The van der Waals surface area contributed by atoms with Crippen molar-refractivity contribution in [3.05, 3.63) is 54.4 Å². The van der Waals surface area contributed by atoms with Crippen LogP contribution in [0, 0.1) is 0 Å². The molecular weight excluding hydrogens is 832 g/mol. The van der Waals surface area contributed by atoms with E-state index in [1.54, 1.807) is 6.92 Å². The number of likely N-dealkylation sites (N-methyl/N-ethyl adjacent to an activating group) is 2. The first-order valence-corrected chi connectivity index (χ1v) is 23.5. The van der Waals surface area contributed by atoms with Crippen molar-refractivity contribution >= 4 is 72.7 Å². The predicted molar refractivity (Wildman–Crippen MR) is 260 cm³/mol. The van der Waals surface area contributed by atoms with Crippen molar-refractivity contribution in [2.75, 3.05) is 166 Å². The number of nitrogens with two attached hydrogens (primary N) is 1. The van der Waals surface area contributed by atoms with Crippen LogP contribution in [-0.2, 0) is 32.2 Å². The van der Waals surface area contributed by atoms with E-state index in [0.29, 0.717) is 19.6 Å². The first-order chi connectivity index (χ1) is 31.2. The van der Waals surface area contributed by atoms with E-state index >= 15 is 0 Å². The molecule has 17 heteroatoms. The summed E-state index contributed by atoms with van der Waals surface area (Å²) in [5.41, 5.74) is 12.6. The van der Waals surface area contributed by atoms with Crippen LogP contribution in [0.2, 0.25) is 0 Å². The van der Waals surface area contributed by atoms with Crippen molar-refractivity contribution in [2.45, 2.75) is 33.4 Å². The normalized spacial score (nSPS) is 18.2. The number of nitrogens with one attached hydrogen (secondary N) is 1. The first kappa shape index (κ1) is 47.6. The lowest BCUT2D eigenvalue weighted by Crippen LogP contribution is -2.45. The summed E-state index contributed by atoms with van der Waals surface area (Å²) >= 11 is 4.82. The topological polar surface area (TPSA) is 146 Å². The second kappa shape index (κ2) is 23.7. The second-order valence-corrected chi connectivity index (χ2v) is 17.3. The molecule has 9 rings (SSSR count). The number of aromatic nitrogens is 4. The number of imidazole rings is 1. The van der Waals surface area contributed by atoms with Crippen LogP contribution >= 0.6 is 11.6 Å². The van der Waals surface area contributed by atoms with Crippen LogP contribution < -0.4 is 20.9 Å². The Morgan fingerprint density at radius 2 is 1.22 bits per heavy atom. The van der Waals surface area contributed by atoms with Gasteiger partial charge in [0.2, 0.25) is 5.24 Å². The Hall–Kier alpha value is -4.39. The maximum atomic E-state index is 9.58. The lowest BCUT2D eigenvalue weighted by Gasteiger charge is -2.34. The van der Waals surface area contributed by atoms with Crippen molar-refractivity contribution in [2.24, 2.45) is 0 Å². The molecule has 0 atom stereocenters. The van der Waals surface area contributed by atoms with E-state index in [0.717, 1.165) is 187 Å². The van der Waals surface area contributed by atoms with Crippen LogP contribution in [-0.4, -0.2) is 190 Å². The van der Waals surface area contributed by atoms with Gasteiger partial charge in [-0.1, -0.05) is 43.3 Å². The number of benzene rings is 2. The van der Waals surface area contributed by atoms with Gasteiger partial charge in [-0.15, -0.1) is 0 Å². The van der Waals surface area contributed by atoms with Crippen molar-refractivity contribution in [1.82, 2.24) is 39.1 Å². The quantitative estimate of drug-likeness (QED) is 0.158. The number of rotatable bonds is 13. The number of halogens is 1. The summed E-state index contributed by atoms with van der Waals surface area (Å²) in [7, 11) is 4.34. The molecule has 0 amide bonds. The molecule has 5 aromatic rings. The Kier molecular flexibility index (Phi) is 17.6. The molecule has 7 heterocycles. The number of hydrogen-bond donors (Lipinski definition) is 2. The van der Waals surface area contributed by atoms with E-state index in [2.05, 4.69) is 89.8 Å². The highest BCUT2D eigenvalue weighted by molar-refractivity contribution is 6.63. The zero-order chi connectivity index (χ0) is 44.8. The molecule has 0 radical (unpaired) electrons. The number of pyridine rings is 2. The number of carbonyl (C=O) groups is 1.